The molecule has 0 spiro atoms. The maximum atomic E-state index is 12.8. The number of cyclic esters (lactones) is 1. The number of carbonyl (C=O) groups is 1. The number of carbonyl (C=O) groups excluding carboxylic acids is 1. The lowest BCUT2D eigenvalue weighted by Gasteiger charge is -2.29. The maximum absolute atomic E-state index is 12.8. The van der Waals surface area contributed by atoms with Gasteiger partial charge in [0.25, 0.3) is 0 Å². The first-order chi connectivity index (χ1) is 12.5. The molecule has 2 aromatic carbocycles. The Morgan fingerprint density at radius 3 is 2.46 bits per heavy atom. The van der Waals surface area contributed by atoms with Crippen LogP contribution >= 0.6 is 0 Å². The quantitative estimate of drug-likeness (QED) is 0.580. The molecular weight excluding hydrogens is 328 g/mol. The minimum absolute atomic E-state index is 0.307. The summed E-state index contributed by atoms with van der Waals surface area (Å²) in [5.41, 5.74) is 4.68. The molecule has 1 atom stereocenters. The van der Waals surface area contributed by atoms with Gasteiger partial charge in [-0.2, -0.15) is 0 Å². The number of methoxy groups -OCH3 is 2. The number of allylic oxidation sites excluding steroid dienone is 2. The van der Waals surface area contributed by atoms with Gasteiger partial charge in [-0.1, -0.05) is 42.0 Å². The summed E-state index contributed by atoms with van der Waals surface area (Å²) in [6.07, 6.45) is 3.14. The lowest BCUT2D eigenvalue weighted by molar-refractivity contribution is 0.0247. The van der Waals surface area contributed by atoms with Gasteiger partial charge in [0.1, 0.15) is 23.2 Å². The van der Waals surface area contributed by atoms with E-state index >= 15 is 0 Å². The zero-order chi connectivity index (χ0) is 18.7. The number of ether oxygens (including phenoxy) is 3. The Balaban J connectivity index is 2.14. The highest BCUT2D eigenvalue weighted by Crippen LogP contribution is 2.41. The molecule has 3 rings (SSSR count). The Labute approximate surface area is 154 Å². The standard InChI is InChI=1S/C22H24O4/c1-14(2)10-11-16-17-12-18(15-8-6-5-7-9-15)26-22(23)21(17)20(25-4)13-19(16)24-3/h5-10,13,18H,11-12H2,1-4H3. The zero-order valence-electron chi connectivity index (χ0n) is 15.7. The highest BCUT2D eigenvalue weighted by molar-refractivity contribution is 5.96. The van der Waals surface area contributed by atoms with Crippen LogP contribution in [0.5, 0.6) is 11.5 Å². The van der Waals surface area contributed by atoms with Crippen LogP contribution in [0.1, 0.15) is 47.0 Å². The van der Waals surface area contributed by atoms with Gasteiger partial charge in [0.15, 0.2) is 0 Å². The minimum Gasteiger partial charge on any atom is -0.496 e. The number of hydrogen-bond donors (Lipinski definition) is 0. The van der Waals surface area contributed by atoms with Gasteiger partial charge >= 0.3 is 5.97 Å². The fraction of sp³-hybridized carbons (Fsp3) is 0.318. The maximum Gasteiger partial charge on any atom is 0.342 e. The van der Waals surface area contributed by atoms with E-state index in [2.05, 4.69) is 19.9 Å². The third-order valence-corrected chi connectivity index (χ3v) is 4.64. The summed E-state index contributed by atoms with van der Waals surface area (Å²) in [5, 5.41) is 0. The van der Waals surface area contributed by atoms with E-state index in [1.54, 1.807) is 20.3 Å². The first kappa shape index (κ1) is 18.1. The second kappa shape index (κ2) is 7.65. The average molecular weight is 352 g/mol. The van der Waals surface area contributed by atoms with Crippen molar-refractivity contribution in [1.82, 2.24) is 0 Å². The van der Waals surface area contributed by atoms with Gasteiger partial charge in [-0.3, -0.25) is 0 Å². The molecule has 2 aromatic rings. The number of rotatable bonds is 5. The van der Waals surface area contributed by atoms with Gasteiger partial charge in [0.2, 0.25) is 0 Å². The predicted molar refractivity (Wildman–Crippen MR) is 101 cm³/mol. The molecule has 26 heavy (non-hydrogen) atoms. The fourth-order valence-corrected chi connectivity index (χ4v) is 3.32. The molecule has 4 nitrogen and oxygen atoms in total. The van der Waals surface area contributed by atoms with Crippen molar-refractivity contribution in [2.75, 3.05) is 14.2 Å². The largest absolute Gasteiger partial charge is 0.496 e. The van der Waals surface area contributed by atoms with E-state index in [0.29, 0.717) is 24.2 Å². The molecule has 0 aliphatic carbocycles. The molecule has 1 aliphatic rings. The van der Waals surface area contributed by atoms with E-state index in [1.807, 2.05) is 30.3 Å². The van der Waals surface area contributed by atoms with Crippen LogP contribution in [0.25, 0.3) is 0 Å². The Hall–Kier alpha value is -2.75. The second-order valence-corrected chi connectivity index (χ2v) is 6.61. The van der Waals surface area contributed by atoms with E-state index in [9.17, 15) is 4.79 Å². The third kappa shape index (κ3) is 3.45. The van der Waals surface area contributed by atoms with Crippen LogP contribution in [0.3, 0.4) is 0 Å². The first-order valence-electron chi connectivity index (χ1n) is 8.71. The number of benzene rings is 2. The van der Waals surface area contributed by atoms with Crippen molar-refractivity contribution in [3.05, 3.63) is 70.3 Å². The smallest absolute Gasteiger partial charge is 0.342 e. The monoisotopic (exact) mass is 352 g/mol. The molecule has 0 bridgehead atoms. The van der Waals surface area contributed by atoms with Crippen molar-refractivity contribution in [2.45, 2.75) is 32.8 Å². The van der Waals surface area contributed by atoms with Crippen molar-refractivity contribution in [3.8, 4) is 11.5 Å². The van der Waals surface area contributed by atoms with Crippen LogP contribution in [-0.2, 0) is 17.6 Å². The van der Waals surface area contributed by atoms with E-state index < -0.39 is 0 Å². The molecule has 0 radical (unpaired) electrons. The molecule has 1 heterocycles. The summed E-state index contributed by atoms with van der Waals surface area (Å²) >= 11 is 0. The Bertz CT molecular complexity index is 833. The first-order valence-corrected chi connectivity index (χ1v) is 8.71. The molecule has 0 amide bonds. The SMILES string of the molecule is COc1cc(OC)c2c(c1CC=C(C)C)CC(c1ccccc1)OC2=O. The van der Waals surface area contributed by atoms with Crippen LogP contribution in [0, 0.1) is 0 Å². The normalized spacial score (nSPS) is 15.7. The minimum atomic E-state index is -0.349. The van der Waals surface area contributed by atoms with Gasteiger partial charge in [0, 0.05) is 18.1 Å². The van der Waals surface area contributed by atoms with Crippen LogP contribution in [-0.4, -0.2) is 20.2 Å². The Morgan fingerprint density at radius 2 is 1.85 bits per heavy atom. The van der Waals surface area contributed by atoms with Crippen molar-refractivity contribution in [2.24, 2.45) is 0 Å². The molecule has 0 N–H and O–H groups in total. The highest BCUT2D eigenvalue weighted by Gasteiger charge is 2.33. The lowest BCUT2D eigenvalue weighted by Crippen LogP contribution is -2.24. The summed E-state index contributed by atoms with van der Waals surface area (Å²) in [7, 11) is 3.20. The van der Waals surface area contributed by atoms with E-state index in [4.69, 9.17) is 14.2 Å². The molecule has 0 saturated carbocycles. The molecule has 4 heteroatoms. The Kier molecular flexibility index (Phi) is 5.31. The van der Waals surface area contributed by atoms with Gasteiger partial charge in [-0.05, 0) is 31.4 Å². The molecule has 1 aliphatic heterocycles. The second-order valence-electron chi connectivity index (χ2n) is 6.61. The molecule has 0 aromatic heterocycles. The van der Waals surface area contributed by atoms with Crippen LogP contribution in [0.4, 0.5) is 0 Å². The lowest BCUT2D eigenvalue weighted by atomic mass is 9.88. The van der Waals surface area contributed by atoms with Crippen molar-refractivity contribution in [1.29, 1.82) is 0 Å². The Morgan fingerprint density at radius 1 is 1.15 bits per heavy atom. The molecular formula is C22H24O4. The number of esters is 1. The van der Waals surface area contributed by atoms with E-state index in [1.165, 1.54) is 5.57 Å². The molecule has 0 fully saturated rings. The average Bonchev–Trinajstić information content (AvgIpc) is 2.65. The van der Waals surface area contributed by atoms with E-state index in [0.717, 1.165) is 22.4 Å². The number of fused-ring (bicyclic) bond motifs is 1. The van der Waals surface area contributed by atoms with Gasteiger partial charge < -0.3 is 14.2 Å². The molecule has 1 unspecified atom stereocenters. The van der Waals surface area contributed by atoms with Crippen LogP contribution in [0.15, 0.2) is 48.0 Å². The van der Waals surface area contributed by atoms with Crippen LogP contribution < -0.4 is 9.47 Å². The van der Waals surface area contributed by atoms with Crippen molar-refractivity contribution >= 4 is 5.97 Å². The molecule has 0 saturated heterocycles. The molecule has 136 valence electrons. The van der Waals surface area contributed by atoms with Gasteiger partial charge in [-0.25, -0.2) is 4.79 Å². The van der Waals surface area contributed by atoms with Crippen molar-refractivity contribution < 1.29 is 19.0 Å². The van der Waals surface area contributed by atoms with E-state index in [-0.39, 0.29) is 12.1 Å². The summed E-state index contributed by atoms with van der Waals surface area (Å²) < 4.78 is 16.8. The predicted octanol–water partition coefficient (Wildman–Crippen LogP) is 4.67. The van der Waals surface area contributed by atoms with Gasteiger partial charge in [-0.15, -0.1) is 0 Å². The van der Waals surface area contributed by atoms with Crippen LogP contribution in [0.2, 0.25) is 0 Å². The third-order valence-electron chi connectivity index (χ3n) is 4.64. The summed E-state index contributed by atoms with van der Waals surface area (Å²) in [6.45, 7) is 4.12. The summed E-state index contributed by atoms with van der Waals surface area (Å²) in [4.78, 5) is 12.8. The summed E-state index contributed by atoms with van der Waals surface area (Å²) in [6, 6.07) is 11.6. The topological polar surface area (TPSA) is 44.8 Å². The zero-order valence-corrected chi connectivity index (χ0v) is 15.7. The van der Waals surface area contributed by atoms with Crippen molar-refractivity contribution in [3.63, 3.8) is 0 Å². The number of hydrogen-bond acceptors (Lipinski definition) is 4. The highest BCUT2D eigenvalue weighted by atomic mass is 16.5. The summed E-state index contributed by atoms with van der Waals surface area (Å²) in [5.74, 6) is 0.881. The fourth-order valence-electron chi connectivity index (χ4n) is 3.32. The van der Waals surface area contributed by atoms with Gasteiger partial charge in [0.05, 0.1) is 14.2 Å².